The van der Waals surface area contributed by atoms with E-state index in [4.69, 9.17) is 4.74 Å². The first-order valence-electron chi connectivity index (χ1n) is 6.53. The summed E-state index contributed by atoms with van der Waals surface area (Å²) in [6, 6.07) is 0. The zero-order chi connectivity index (χ0) is 13.9. The molecule has 1 N–H and O–H groups in total. The van der Waals surface area contributed by atoms with Crippen molar-refractivity contribution in [2.24, 2.45) is 11.8 Å². The SMILES string of the molecule is CC1=C2OC[C@@H](C)C3=C2C(=C(O)C1=O)[C@@H](C)CC3=O. The molecule has 0 aromatic heterocycles. The third-order valence-corrected chi connectivity index (χ3v) is 4.17. The molecule has 0 radical (unpaired) electrons. The average Bonchev–Trinajstić information content (AvgIpc) is 2.35. The fourth-order valence-corrected chi connectivity index (χ4v) is 3.20. The van der Waals surface area contributed by atoms with Crippen molar-refractivity contribution in [1.29, 1.82) is 0 Å². The highest BCUT2D eigenvalue weighted by molar-refractivity contribution is 6.12. The molecule has 0 unspecified atom stereocenters. The Morgan fingerprint density at radius 3 is 2.53 bits per heavy atom. The predicted molar refractivity (Wildman–Crippen MR) is 68.3 cm³/mol. The molecule has 1 heterocycles. The van der Waals surface area contributed by atoms with Gasteiger partial charge in [-0.25, -0.2) is 0 Å². The van der Waals surface area contributed by atoms with Gasteiger partial charge in [0.2, 0.25) is 5.78 Å². The Labute approximate surface area is 111 Å². The summed E-state index contributed by atoms with van der Waals surface area (Å²) in [6.45, 7) is 5.84. The second-order valence-electron chi connectivity index (χ2n) is 5.57. The molecule has 0 bridgehead atoms. The summed E-state index contributed by atoms with van der Waals surface area (Å²) in [6.07, 6.45) is 0.349. The number of ether oxygens (including phenoxy) is 1. The highest BCUT2D eigenvalue weighted by Gasteiger charge is 2.43. The van der Waals surface area contributed by atoms with E-state index in [1.807, 2.05) is 13.8 Å². The summed E-state index contributed by atoms with van der Waals surface area (Å²) < 4.78 is 5.66. The lowest BCUT2D eigenvalue weighted by Crippen LogP contribution is -2.35. The minimum atomic E-state index is -0.385. The van der Waals surface area contributed by atoms with E-state index in [0.717, 1.165) is 0 Å². The van der Waals surface area contributed by atoms with Crippen molar-refractivity contribution in [3.63, 3.8) is 0 Å². The van der Waals surface area contributed by atoms with Crippen LogP contribution in [0.25, 0.3) is 0 Å². The molecule has 1 aliphatic heterocycles. The van der Waals surface area contributed by atoms with Crippen molar-refractivity contribution < 1.29 is 19.4 Å². The largest absolute Gasteiger partial charge is 0.504 e. The average molecular weight is 260 g/mol. The lowest BCUT2D eigenvalue weighted by Gasteiger charge is -2.37. The van der Waals surface area contributed by atoms with Gasteiger partial charge in [-0.15, -0.1) is 0 Å². The normalized spacial score (nSPS) is 30.7. The van der Waals surface area contributed by atoms with Gasteiger partial charge >= 0.3 is 0 Å². The summed E-state index contributed by atoms with van der Waals surface area (Å²) in [5.41, 5.74) is 2.37. The van der Waals surface area contributed by atoms with Crippen LogP contribution < -0.4 is 0 Å². The number of allylic oxidation sites excluding steroid dienone is 2. The highest BCUT2D eigenvalue weighted by Crippen LogP contribution is 2.46. The highest BCUT2D eigenvalue weighted by atomic mass is 16.5. The Bertz CT molecular complexity index is 604. The van der Waals surface area contributed by atoms with Crippen molar-refractivity contribution in [2.75, 3.05) is 6.61 Å². The van der Waals surface area contributed by atoms with Gasteiger partial charge in [0.05, 0.1) is 6.61 Å². The van der Waals surface area contributed by atoms with Crippen molar-refractivity contribution in [3.05, 3.63) is 33.8 Å². The molecule has 0 amide bonds. The van der Waals surface area contributed by atoms with Gasteiger partial charge in [-0.1, -0.05) is 13.8 Å². The Hall–Kier alpha value is -1.84. The van der Waals surface area contributed by atoms with Crippen LogP contribution in [0, 0.1) is 11.8 Å². The molecule has 0 aromatic carbocycles. The Balaban J connectivity index is 2.37. The van der Waals surface area contributed by atoms with Gasteiger partial charge in [0, 0.05) is 34.6 Å². The summed E-state index contributed by atoms with van der Waals surface area (Å²) in [4.78, 5) is 24.3. The number of carbonyl (C=O) groups excluding carboxylic acids is 2. The maximum Gasteiger partial charge on any atom is 0.227 e. The number of aliphatic hydroxyl groups excluding tert-OH is 1. The van der Waals surface area contributed by atoms with Crippen LogP contribution in [0.4, 0.5) is 0 Å². The molecule has 2 aliphatic carbocycles. The van der Waals surface area contributed by atoms with E-state index in [9.17, 15) is 14.7 Å². The third-order valence-electron chi connectivity index (χ3n) is 4.17. The predicted octanol–water partition coefficient (Wildman–Crippen LogP) is 2.23. The number of hydrogen-bond donors (Lipinski definition) is 1. The molecular weight excluding hydrogens is 244 g/mol. The van der Waals surface area contributed by atoms with E-state index < -0.39 is 0 Å². The zero-order valence-electron chi connectivity index (χ0n) is 11.2. The molecule has 19 heavy (non-hydrogen) atoms. The Morgan fingerprint density at radius 1 is 1.16 bits per heavy atom. The van der Waals surface area contributed by atoms with Crippen LogP contribution in [0.2, 0.25) is 0 Å². The van der Waals surface area contributed by atoms with Crippen LogP contribution >= 0.6 is 0 Å². The van der Waals surface area contributed by atoms with E-state index >= 15 is 0 Å². The number of rotatable bonds is 0. The molecule has 3 aliphatic rings. The van der Waals surface area contributed by atoms with Gasteiger partial charge < -0.3 is 9.84 Å². The smallest absolute Gasteiger partial charge is 0.227 e. The fraction of sp³-hybridized carbons (Fsp3) is 0.467. The summed E-state index contributed by atoms with van der Waals surface area (Å²) >= 11 is 0. The first-order chi connectivity index (χ1) is 8.93. The molecule has 100 valence electrons. The summed E-state index contributed by atoms with van der Waals surface area (Å²) in [7, 11) is 0. The van der Waals surface area contributed by atoms with Crippen molar-refractivity contribution in [1.82, 2.24) is 0 Å². The number of hydrogen-bond acceptors (Lipinski definition) is 4. The quantitative estimate of drug-likeness (QED) is 0.725. The van der Waals surface area contributed by atoms with Crippen molar-refractivity contribution in [3.8, 4) is 0 Å². The van der Waals surface area contributed by atoms with Gasteiger partial charge in [0.15, 0.2) is 11.5 Å². The van der Waals surface area contributed by atoms with Gasteiger partial charge in [0.1, 0.15) is 5.76 Å². The number of carbonyl (C=O) groups is 2. The molecule has 2 atom stereocenters. The fourth-order valence-electron chi connectivity index (χ4n) is 3.20. The van der Waals surface area contributed by atoms with Gasteiger partial charge in [-0.05, 0) is 12.8 Å². The Kier molecular flexibility index (Phi) is 2.46. The minimum absolute atomic E-state index is 0.00236. The van der Waals surface area contributed by atoms with E-state index in [-0.39, 0.29) is 29.2 Å². The summed E-state index contributed by atoms with van der Waals surface area (Å²) in [5.74, 6) is -0.148. The third kappa shape index (κ3) is 1.46. The number of ketones is 2. The van der Waals surface area contributed by atoms with E-state index in [0.29, 0.717) is 41.1 Å². The van der Waals surface area contributed by atoms with Gasteiger partial charge in [-0.3, -0.25) is 9.59 Å². The second kappa shape index (κ2) is 3.83. The lowest BCUT2D eigenvalue weighted by atomic mass is 9.71. The number of aliphatic hydroxyl groups is 1. The van der Waals surface area contributed by atoms with Gasteiger partial charge in [-0.2, -0.15) is 0 Å². The molecule has 3 rings (SSSR count). The van der Waals surface area contributed by atoms with E-state index in [1.54, 1.807) is 6.92 Å². The molecule has 0 saturated heterocycles. The van der Waals surface area contributed by atoms with E-state index in [2.05, 4.69) is 0 Å². The molecule has 0 aromatic rings. The topological polar surface area (TPSA) is 63.6 Å². The lowest BCUT2D eigenvalue weighted by molar-refractivity contribution is -0.118. The van der Waals surface area contributed by atoms with Crippen LogP contribution in [0.1, 0.15) is 27.2 Å². The first-order valence-corrected chi connectivity index (χ1v) is 6.53. The first kappa shape index (κ1) is 12.2. The van der Waals surface area contributed by atoms with Crippen molar-refractivity contribution >= 4 is 11.6 Å². The second-order valence-corrected chi connectivity index (χ2v) is 5.57. The maximum absolute atomic E-state index is 12.3. The molecule has 0 spiro atoms. The molecular formula is C15H16O4. The molecule has 4 heteroatoms. The minimum Gasteiger partial charge on any atom is -0.504 e. The van der Waals surface area contributed by atoms with Crippen LogP contribution in [0.5, 0.6) is 0 Å². The van der Waals surface area contributed by atoms with Crippen molar-refractivity contribution in [2.45, 2.75) is 27.2 Å². The number of Topliss-reactive ketones (excluding diaryl/α,β-unsaturated/α-hetero) is 2. The molecule has 0 saturated carbocycles. The standard InChI is InChI=1S/C15H16O4/c1-6-4-9(16)10-7(2)5-19-15-8(3)13(17)14(18)11(6)12(10)15/h6-7,18H,4-5H2,1-3H3/t6-,7+/m0/s1. The molecule has 0 fully saturated rings. The van der Waals surface area contributed by atoms with Crippen LogP contribution in [-0.4, -0.2) is 23.3 Å². The van der Waals surface area contributed by atoms with E-state index in [1.165, 1.54) is 0 Å². The Morgan fingerprint density at radius 2 is 1.84 bits per heavy atom. The maximum atomic E-state index is 12.3. The zero-order valence-corrected chi connectivity index (χ0v) is 11.2. The van der Waals surface area contributed by atoms with Crippen LogP contribution in [0.15, 0.2) is 33.8 Å². The van der Waals surface area contributed by atoms with Gasteiger partial charge in [0.25, 0.3) is 0 Å². The summed E-state index contributed by atoms with van der Waals surface area (Å²) in [5, 5.41) is 10.1. The molecule has 4 nitrogen and oxygen atoms in total. The monoisotopic (exact) mass is 260 g/mol. The van der Waals surface area contributed by atoms with Crippen LogP contribution in [0.3, 0.4) is 0 Å². The van der Waals surface area contributed by atoms with Crippen LogP contribution in [-0.2, 0) is 14.3 Å².